The number of methoxy groups -OCH3 is 1. The van der Waals surface area contributed by atoms with E-state index in [1.54, 1.807) is 6.07 Å². The quantitative estimate of drug-likeness (QED) is 0.877. The first-order valence-electron chi connectivity index (χ1n) is 7.53. The van der Waals surface area contributed by atoms with Crippen LogP contribution in [0.5, 0.6) is 5.75 Å². The molecule has 21 heavy (non-hydrogen) atoms. The third kappa shape index (κ3) is 3.24. The van der Waals surface area contributed by atoms with Gasteiger partial charge in [-0.1, -0.05) is 26.3 Å². The summed E-state index contributed by atoms with van der Waals surface area (Å²) >= 11 is 0. The Morgan fingerprint density at radius 1 is 1.33 bits per heavy atom. The highest BCUT2D eigenvalue weighted by Gasteiger charge is 2.40. The van der Waals surface area contributed by atoms with E-state index in [2.05, 4.69) is 19.2 Å². The van der Waals surface area contributed by atoms with Gasteiger partial charge in [0.1, 0.15) is 10.6 Å². The minimum atomic E-state index is -3.25. The van der Waals surface area contributed by atoms with E-state index in [1.165, 1.54) is 18.9 Å². The van der Waals surface area contributed by atoms with E-state index >= 15 is 0 Å². The largest absolute Gasteiger partial charge is 0.495 e. The van der Waals surface area contributed by atoms with Crippen LogP contribution in [0.25, 0.3) is 0 Å². The molecule has 5 heteroatoms. The molecule has 0 spiro atoms. The van der Waals surface area contributed by atoms with E-state index in [0.717, 1.165) is 19.4 Å². The fraction of sp³-hybridized carbons (Fsp3) is 0.625. The van der Waals surface area contributed by atoms with Crippen LogP contribution in [0.3, 0.4) is 0 Å². The van der Waals surface area contributed by atoms with Crippen LogP contribution in [0.1, 0.15) is 38.2 Å². The second kappa shape index (κ2) is 6.36. The Balaban J connectivity index is 2.26. The number of sulfone groups is 1. The van der Waals surface area contributed by atoms with E-state index < -0.39 is 9.84 Å². The number of benzene rings is 1. The van der Waals surface area contributed by atoms with Crippen molar-refractivity contribution in [1.29, 1.82) is 0 Å². The topological polar surface area (TPSA) is 55.4 Å². The van der Waals surface area contributed by atoms with Crippen LogP contribution in [0.15, 0.2) is 23.1 Å². The summed E-state index contributed by atoms with van der Waals surface area (Å²) in [6.45, 7) is 5.33. The summed E-state index contributed by atoms with van der Waals surface area (Å²) in [6, 6.07) is 6.09. The fourth-order valence-electron chi connectivity index (χ4n) is 3.38. The summed E-state index contributed by atoms with van der Waals surface area (Å²) in [5, 5.41) is 3.52. The van der Waals surface area contributed by atoms with Crippen LogP contribution in [0, 0.1) is 5.92 Å². The molecule has 118 valence electrons. The van der Waals surface area contributed by atoms with Crippen molar-refractivity contribution < 1.29 is 13.2 Å². The summed E-state index contributed by atoms with van der Waals surface area (Å²) < 4.78 is 28.8. The molecule has 1 aliphatic rings. The molecule has 0 amide bonds. The Labute approximate surface area is 127 Å². The molecule has 0 radical (unpaired) electrons. The molecule has 1 saturated carbocycles. The van der Waals surface area contributed by atoms with Crippen molar-refractivity contribution in [2.75, 3.05) is 19.9 Å². The maximum atomic E-state index is 11.7. The summed E-state index contributed by atoms with van der Waals surface area (Å²) in [5.41, 5.74) is 1.18. The number of nitrogens with one attached hydrogen (secondary N) is 1. The molecule has 0 heterocycles. The lowest BCUT2D eigenvalue weighted by molar-refractivity contribution is 0.162. The van der Waals surface area contributed by atoms with Gasteiger partial charge in [0.25, 0.3) is 0 Å². The summed E-state index contributed by atoms with van der Waals surface area (Å²) in [5.74, 6) is 1.55. The van der Waals surface area contributed by atoms with Crippen LogP contribution in [0.2, 0.25) is 0 Å². The number of hydrogen-bond acceptors (Lipinski definition) is 4. The first-order chi connectivity index (χ1) is 9.92. The molecule has 1 aromatic rings. The minimum Gasteiger partial charge on any atom is -0.495 e. The average Bonchev–Trinajstić information content (AvgIpc) is 2.41. The fourth-order valence-corrected chi connectivity index (χ4v) is 4.20. The lowest BCUT2D eigenvalue weighted by atomic mass is 9.65. The molecule has 0 bridgehead atoms. The van der Waals surface area contributed by atoms with Gasteiger partial charge in [-0.25, -0.2) is 8.42 Å². The van der Waals surface area contributed by atoms with E-state index in [0.29, 0.717) is 23.6 Å². The molecule has 2 rings (SSSR count). The molecule has 3 unspecified atom stereocenters. The maximum Gasteiger partial charge on any atom is 0.179 e. The van der Waals surface area contributed by atoms with Crippen molar-refractivity contribution in [3.05, 3.63) is 23.8 Å². The van der Waals surface area contributed by atoms with Gasteiger partial charge in [-0.15, -0.1) is 0 Å². The van der Waals surface area contributed by atoms with Crippen LogP contribution >= 0.6 is 0 Å². The van der Waals surface area contributed by atoms with Gasteiger partial charge in [0.05, 0.1) is 7.11 Å². The molecule has 1 aromatic carbocycles. The van der Waals surface area contributed by atoms with Crippen LogP contribution in [-0.4, -0.2) is 34.4 Å². The predicted molar refractivity (Wildman–Crippen MR) is 84.7 cm³/mol. The maximum absolute atomic E-state index is 11.7. The van der Waals surface area contributed by atoms with E-state index in [4.69, 9.17) is 4.74 Å². The lowest BCUT2D eigenvalue weighted by Crippen LogP contribution is -2.48. The first-order valence-corrected chi connectivity index (χ1v) is 9.42. The molecule has 0 aromatic heterocycles. The Bertz CT molecular complexity index is 598. The van der Waals surface area contributed by atoms with Gasteiger partial charge < -0.3 is 10.1 Å². The van der Waals surface area contributed by atoms with E-state index in [1.807, 2.05) is 12.1 Å². The van der Waals surface area contributed by atoms with Gasteiger partial charge in [0.15, 0.2) is 9.84 Å². The molecular formula is C16H25NO3S. The summed E-state index contributed by atoms with van der Waals surface area (Å²) in [4.78, 5) is 0.268. The van der Waals surface area contributed by atoms with E-state index in [-0.39, 0.29) is 4.90 Å². The number of rotatable bonds is 6. The first kappa shape index (κ1) is 16.3. The molecule has 3 atom stereocenters. The van der Waals surface area contributed by atoms with Crippen molar-refractivity contribution in [1.82, 2.24) is 5.32 Å². The van der Waals surface area contributed by atoms with Gasteiger partial charge >= 0.3 is 0 Å². The second-order valence-corrected chi connectivity index (χ2v) is 7.75. The second-order valence-electron chi connectivity index (χ2n) is 5.76. The van der Waals surface area contributed by atoms with Crippen LogP contribution in [0.4, 0.5) is 0 Å². The zero-order chi connectivity index (χ0) is 15.6. The molecule has 1 N–H and O–H groups in total. The highest BCUT2D eigenvalue weighted by molar-refractivity contribution is 7.90. The molecule has 0 saturated heterocycles. The van der Waals surface area contributed by atoms with E-state index in [9.17, 15) is 8.42 Å². The Morgan fingerprint density at radius 3 is 2.57 bits per heavy atom. The van der Waals surface area contributed by atoms with Gasteiger partial charge in [-0.2, -0.15) is 0 Å². The van der Waals surface area contributed by atoms with Crippen LogP contribution < -0.4 is 10.1 Å². The minimum absolute atomic E-state index is 0.268. The molecular weight excluding hydrogens is 286 g/mol. The highest BCUT2D eigenvalue weighted by Crippen LogP contribution is 2.45. The van der Waals surface area contributed by atoms with Gasteiger partial charge in [0.2, 0.25) is 0 Å². The highest BCUT2D eigenvalue weighted by atomic mass is 32.2. The van der Waals surface area contributed by atoms with Crippen molar-refractivity contribution >= 4 is 9.84 Å². The Kier molecular flexibility index (Phi) is 4.94. The number of ether oxygens (including phenoxy) is 1. The Morgan fingerprint density at radius 2 is 2.05 bits per heavy atom. The van der Waals surface area contributed by atoms with Crippen molar-refractivity contribution in [2.45, 2.75) is 43.5 Å². The third-order valence-corrected chi connectivity index (χ3v) is 5.63. The number of hydrogen-bond donors (Lipinski definition) is 1. The van der Waals surface area contributed by atoms with Gasteiger partial charge in [0, 0.05) is 12.3 Å². The molecule has 1 aliphatic carbocycles. The lowest BCUT2D eigenvalue weighted by Gasteiger charge is -2.45. The van der Waals surface area contributed by atoms with Gasteiger partial charge in [-0.3, -0.25) is 0 Å². The summed E-state index contributed by atoms with van der Waals surface area (Å²) in [7, 11) is -1.73. The molecule has 1 fully saturated rings. The zero-order valence-electron chi connectivity index (χ0n) is 13.2. The van der Waals surface area contributed by atoms with Crippen molar-refractivity contribution in [2.24, 2.45) is 5.92 Å². The van der Waals surface area contributed by atoms with Crippen molar-refractivity contribution in [3.63, 3.8) is 0 Å². The predicted octanol–water partition coefficient (Wildman–Crippen LogP) is 2.59. The van der Waals surface area contributed by atoms with Gasteiger partial charge in [-0.05, 0) is 42.5 Å². The monoisotopic (exact) mass is 311 g/mol. The Hall–Kier alpha value is -1.07. The average molecular weight is 311 g/mol. The summed E-state index contributed by atoms with van der Waals surface area (Å²) in [6.07, 6.45) is 3.44. The molecule has 4 nitrogen and oxygen atoms in total. The smallest absolute Gasteiger partial charge is 0.179 e. The van der Waals surface area contributed by atoms with Crippen LogP contribution in [-0.2, 0) is 9.84 Å². The zero-order valence-corrected chi connectivity index (χ0v) is 14.0. The standard InChI is InChI=1S/C16H25NO3S/c1-5-12-13(10-14(12)17-6-2)11-7-8-16(21(4,18)19)15(9-11)20-3/h7-9,12-14,17H,5-6,10H2,1-4H3. The van der Waals surface area contributed by atoms with Crippen molar-refractivity contribution in [3.8, 4) is 5.75 Å². The normalized spacial score (nSPS) is 25.4. The molecule has 0 aliphatic heterocycles. The third-order valence-electron chi connectivity index (χ3n) is 4.49. The SMILES string of the molecule is CCNC1CC(c2ccc(S(C)(=O)=O)c(OC)c2)C1CC.